The molecule has 0 N–H and O–H groups in total. The van der Waals surface area contributed by atoms with Crippen molar-refractivity contribution in [3.8, 4) is 11.8 Å². The zero-order valence-corrected chi connectivity index (χ0v) is 20.8. The fourth-order valence-electron chi connectivity index (χ4n) is 4.42. The van der Waals surface area contributed by atoms with Crippen LogP contribution in [0.2, 0.25) is 0 Å². The Morgan fingerprint density at radius 3 is 2.47 bits per heavy atom. The first-order valence-corrected chi connectivity index (χ1v) is 11.6. The topological polar surface area (TPSA) is 91.5 Å². The Bertz CT molecular complexity index is 1420. The van der Waals surface area contributed by atoms with E-state index >= 15 is 0 Å². The van der Waals surface area contributed by atoms with E-state index in [1.54, 1.807) is 44.2 Å². The summed E-state index contributed by atoms with van der Waals surface area (Å²) in [5.41, 5.74) is -0.886. The molecule has 2 atom stereocenters. The van der Waals surface area contributed by atoms with Gasteiger partial charge < -0.3 is 4.74 Å². The molecule has 1 fully saturated rings. The van der Waals surface area contributed by atoms with Crippen LogP contribution in [0.3, 0.4) is 0 Å². The average Bonchev–Trinajstić information content (AvgIpc) is 3.40. The van der Waals surface area contributed by atoms with Gasteiger partial charge in [-0.25, -0.2) is 9.48 Å². The van der Waals surface area contributed by atoms with E-state index < -0.39 is 35.1 Å². The lowest BCUT2D eigenvalue weighted by Gasteiger charge is -2.45. The number of anilines is 1. The fraction of sp³-hybridized carbons (Fsp3) is 0.259. The first kappa shape index (κ1) is 26.5. The van der Waals surface area contributed by atoms with Gasteiger partial charge in [-0.1, -0.05) is 6.07 Å². The molecule has 0 bridgehead atoms. The molecule has 3 aromatic rings. The molecule has 0 radical (unpaired) electrons. The minimum absolute atomic E-state index is 0.000842. The van der Waals surface area contributed by atoms with Crippen LogP contribution >= 0.6 is 0 Å². The van der Waals surface area contributed by atoms with Crippen LogP contribution in [0.4, 0.5) is 23.7 Å². The molecule has 0 aliphatic carbocycles. The summed E-state index contributed by atoms with van der Waals surface area (Å²) in [6, 6.07) is 13.1. The molecule has 0 saturated carbocycles. The van der Waals surface area contributed by atoms with Crippen LogP contribution in [0, 0.1) is 11.3 Å². The Morgan fingerprint density at radius 1 is 1.13 bits per heavy atom. The highest BCUT2D eigenvalue weighted by Crippen LogP contribution is 2.38. The molecule has 2 aromatic carbocycles. The molecular weight excluding hydrogens is 499 g/mol. The number of benzene rings is 2. The van der Waals surface area contributed by atoms with Crippen molar-refractivity contribution < 1.29 is 27.5 Å². The van der Waals surface area contributed by atoms with Crippen LogP contribution in [-0.4, -0.2) is 46.3 Å². The number of amides is 3. The van der Waals surface area contributed by atoms with E-state index in [4.69, 9.17) is 10.00 Å². The zero-order valence-electron chi connectivity index (χ0n) is 20.8. The molecule has 4 rings (SSSR count). The predicted octanol–water partition coefficient (Wildman–Crippen LogP) is 5.04. The van der Waals surface area contributed by atoms with E-state index in [1.807, 2.05) is 6.07 Å². The van der Waals surface area contributed by atoms with Gasteiger partial charge >= 0.3 is 12.2 Å². The number of hydrogen-bond donors (Lipinski definition) is 0. The van der Waals surface area contributed by atoms with E-state index in [2.05, 4.69) is 5.10 Å². The van der Waals surface area contributed by atoms with Crippen LogP contribution in [0.15, 0.2) is 73.1 Å². The summed E-state index contributed by atoms with van der Waals surface area (Å²) >= 11 is 0. The highest BCUT2D eigenvalue weighted by atomic mass is 19.4. The molecule has 2 heterocycles. The second-order valence-electron chi connectivity index (χ2n) is 9.02. The number of urea groups is 1. The highest BCUT2D eigenvalue weighted by molar-refractivity contribution is 6.10. The molecule has 196 valence electrons. The third-order valence-electron chi connectivity index (χ3n) is 6.44. The Balaban J connectivity index is 1.86. The summed E-state index contributed by atoms with van der Waals surface area (Å²) in [5.74, 6) is -0.547. The highest BCUT2D eigenvalue weighted by Gasteiger charge is 2.52. The smallest absolute Gasteiger partial charge is 0.416 e. The molecular formula is C27H24F3N5O3. The first-order valence-electron chi connectivity index (χ1n) is 11.6. The summed E-state index contributed by atoms with van der Waals surface area (Å²) in [6.45, 7) is 3.00. The number of hydrogen-bond acceptors (Lipinski definition) is 5. The number of nitrogens with zero attached hydrogens (tertiary/aromatic N) is 5. The lowest BCUT2D eigenvalue weighted by atomic mass is 9.81. The third kappa shape index (κ3) is 4.72. The molecule has 1 aliphatic rings. The number of methoxy groups -OCH3 is 1. The number of carbonyl (C=O) groups excluding carboxylic acids is 2. The van der Waals surface area contributed by atoms with Crippen molar-refractivity contribution >= 4 is 17.6 Å². The molecule has 11 heteroatoms. The van der Waals surface area contributed by atoms with Gasteiger partial charge in [0.15, 0.2) is 0 Å². The van der Waals surface area contributed by atoms with Crippen LogP contribution in [0.5, 0.6) is 0 Å². The van der Waals surface area contributed by atoms with Gasteiger partial charge in [0.2, 0.25) is 5.91 Å². The molecule has 0 spiro atoms. The van der Waals surface area contributed by atoms with Gasteiger partial charge in [-0.2, -0.15) is 23.5 Å². The summed E-state index contributed by atoms with van der Waals surface area (Å²) in [6.07, 6.45) is -0.289. The Kier molecular flexibility index (Phi) is 7.00. The van der Waals surface area contributed by atoms with Crippen molar-refractivity contribution in [3.05, 3.63) is 90.0 Å². The Labute approximate surface area is 217 Å². The lowest BCUT2D eigenvalue weighted by Crippen LogP contribution is -2.65. The number of alkyl halides is 3. The maximum atomic E-state index is 14.0. The van der Waals surface area contributed by atoms with E-state index in [1.165, 1.54) is 47.4 Å². The molecule has 8 nitrogen and oxygen atoms in total. The van der Waals surface area contributed by atoms with E-state index in [0.717, 1.165) is 17.0 Å². The van der Waals surface area contributed by atoms with Crippen LogP contribution < -0.4 is 4.90 Å². The van der Waals surface area contributed by atoms with Gasteiger partial charge in [-0.15, -0.1) is 0 Å². The van der Waals surface area contributed by atoms with Gasteiger partial charge in [0.1, 0.15) is 5.41 Å². The molecule has 3 amide bonds. The molecule has 1 saturated heterocycles. The van der Waals surface area contributed by atoms with Gasteiger partial charge in [0.25, 0.3) is 0 Å². The van der Waals surface area contributed by atoms with Crippen LogP contribution in [0.1, 0.15) is 30.7 Å². The van der Waals surface area contributed by atoms with E-state index in [0.29, 0.717) is 16.9 Å². The minimum atomic E-state index is -4.61. The standard InChI is InChI=1S/C27H24F3N5O3/c1-18(12-14-38-3)34-24(36)26(2,23-11-13-32-35(23)21-9-7-19(16-31)8-10-21)17-33(25(34)37)22-6-4-5-20(15-22)27(28,29)30/h4-15,18H,17H2,1-3H3. The van der Waals surface area contributed by atoms with Crippen LogP contribution in [0.25, 0.3) is 5.69 Å². The predicted molar refractivity (Wildman–Crippen MR) is 132 cm³/mol. The largest absolute Gasteiger partial charge is 0.505 e. The molecule has 2 unspecified atom stereocenters. The SMILES string of the molecule is COC=CC(C)N1C(=O)N(c2cccc(C(F)(F)F)c2)CC(C)(c2ccnn2-c2ccc(C#N)cc2)C1=O. The van der Waals surface area contributed by atoms with Gasteiger partial charge in [-0.05, 0) is 68.5 Å². The Morgan fingerprint density at radius 2 is 1.84 bits per heavy atom. The number of ether oxygens (including phenoxy) is 1. The van der Waals surface area contributed by atoms with E-state index in [-0.39, 0.29) is 12.2 Å². The fourth-order valence-corrected chi connectivity index (χ4v) is 4.42. The summed E-state index contributed by atoms with van der Waals surface area (Å²) in [5, 5.41) is 13.5. The average molecular weight is 524 g/mol. The van der Waals surface area contributed by atoms with E-state index in [9.17, 15) is 22.8 Å². The minimum Gasteiger partial charge on any atom is -0.505 e. The number of nitriles is 1. The van der Waals surface area contributed by atoms with Crippen molar-refractivity contribution in [1.82, 2.24) is 14.7 Å². The maximum absolute atomic E-state index is 14.0. The van der Waals surface area contributed by atoms with Crippen molar-refractivity contribution in [1.29, 1.82) is 5.26 Å². The summed E-state index contributed by atoms with van der Waals surface area (Å²) in [7, 11) is 1.41. The van der Waals surface area contributed by atoms with Gasteiger partial charge in [-0.3, -0.25) is 14.6 Å². The van der Waals surface area contributed by atoms with Crippen molar-refractivity contribution in [2.75, 3.05) is 18.6 Å². The Hall–Kier alpha value is -4.59. The molecule has 38 heavy (non-hydrogen) atoms. The molecule has 1 aromatic heterocycles. The zero-order chi connectivity index (χ0) is 27.7. The second-order valence-corrected chi connectivity index (χ2v) is 9.02. The summed E-state index contributed by atoms with van der Waals surface area (Å²) in [4.78, 5) is 29.8. The summed E-state index contributed by atoms with van der Waals surface area (Å²) < 4.78 is 46.9. The number of rotatable bonds is 6. The number of imide groups is 1. The van der Waals surface area contributed by atoms with Gasteiger partial charge in [0, 0.05) is 18.4 Å². The number of aromatic nitrogens is 2. The first-order chi connectivity index (χ1) is 18.0. The van der Waals surface area contributed by atoms with Crippen molar-refractivity contribution in [3.63, 3.8) is 0 Å². The van der Waals surface area contributed by atoms with Gasteiger partial charge in [0.05, 0.1) is 48.0 Å². The maximum Gasteiger partial charge on any atom is 0.416 e. The monoisotopic (exact) mass is 523 g/mol. The quantitative estimate of drug-likeness (QED) is 0.423. The number of carbonyl (C=O) groups is 2. The molecule has 1 aliphatic heterocycles. The normalized spacial score (nSPS) is 19.1. The second kappa shape index (κ2) is 10.0. The van der Waals surface area contributed by atoms with Crippen LogP contribution in [-0.2, 0) is 21.1 Å². The lowest BCUT2D eigenvalue weighted by molar-refractivity contribution is -0.138. The van der Waals surface area contributed by atoms with Crippen molar-refractivity contribution in [2.24, 2.45) is 0 Å². The van der Waals surface area contributed by atoms with Crippen molar-refractivity contribution in [2.45, 2.75) is 31.5 Å². The number of halogens is 3. The third-order valence-corrected chi connectivity index (χ3v) is 6.44.